The van der Waals surface area contributed by atoms with Crippen molar-refractivity contribution in [1.29, 1.82) is 0 Å². The van der Waals surface area contributed by atoms with Crippen molar-refractivity contribution < 1.29 is 49.8 Å². The van der Waals surface area contributed by atoms with Crippen LogP contribution in [-0.4, -0.2) is 54.5 Å². The summed E-state index contributed by atoms with van der Waals surface area (Å²) in [6.45, 7) is 3.74. The number of rotatable bonds is 9. The maximum absolute atomic E-state index is 12.8. The predicted molar refractivity (Wildman–Crippen MR) is 264 cm³/mol. The SMILES string of the molecule is Cc1c(-c2ccc3cc(C(=O)O)ccc3c2)cc(-c2ccc3cc(C(=O)O)ccc3c2)c(O)c1-c1c(C)c(-c2ccc3cc(C(=O)O)ccc3c2)cc(-c2ccc3cc(C(=O)O)ccc3c2)c1O. The molecule has 0 saturated heterocycles. The van der Waals surface area contributed by atoms with Crippen LogP contribution in [0, 0.1) is 13.8 Å². The number of fused-ring (bicyclic) bond motifs is 4. The summed E-state index contributed by atoms with van der Waals surface area (Å²) in [4.78, 5) is 47.3. The topological polar surface area (TPSA) is 190 Å². The Labute approximate surface area is 387 Å². The Bertz CT molecular complexity index is 3370. The van der Waals surface area contributed by atoms with Gasteiger partial charge in [0.1, 0.15) is 11.5 Å². The maximum atomic E-state index is 12.8. The van der Waals surface area contributed by atoms with Gasteiger partial charge in [-0.15, -0.1) is 0 Å². The second-order valence-electron chi connectivity index (χ2n) is 17.0. The molecule has 0 heterocycles. The van der Waals surface area contributed by atoms with Gasteiger partial charge in [0.15, 0.2) is 0 Å². The van der Waals surface area contributed by atoms with Gasteiger partial charge in [-0.2, -0.15) is 0 Å². The van der Waals surface area contributed by atoms with E-state index in [4.69, 9.17) is 0 Å². The second kappa shape index (κ2) is 16.3. The highest BCUT2D eigenvalue weighted by molar-refractivity contribution is 6.04. The normalized spacial score (nSPS) is 11.4. The summed E-state index contributed by atoms with van der Waals surface area (Å²) in [5.74, 6) is -4.45. The monoisotopic (exact) mass is 894 g/mol. The standard InChI is InChI=1S/C58H38O10/c1-29-47(39-11-3-35-23-43(55(61)62)15-7-31(35)19-39)27-49(41-13-5-37-25-45(57(65)66)17-9-33(37)21-41)53(59)51(29)52-30(2)48(40-12-4-36-24-44(56(63)64)16-8-32(36)20-40)28-50(54(52)60)42-14-6-38-26-46(58(67)68)18-10-34(38)22-42/h3-28,59-60H,1-2H3,(H,61,62)(H,63,64)(H,65,66)(H,67,68). The van der Waals surface area contributed by atoms with Gasteiger partial charge in [-0.3, -0.25) is 0 Å². The molecule has 0 aliphatic carbocycles. The van der Waals surface area contributed by atoms with Crippen molar-refractivity contribution in [3.63, 3.8) is 0 Å². The van der Waals surface area contributed by atoms with Crippen molar-refractivity contribution in [2.24, 2.45) is 0 Å². The Morgan fingerprint density at radius 3 is 0.765 bits per heavy atom. The van der Waals surface area contributed by atoms with Crippen molar-refractivity contribution in [3.8, 4) is 67.1 Å². The molecule has 0 radical (unpaired) electrons. The molecule has 0 fully saturated rings. The summed E-state index contributed by atoms with van der Waals surface area (Å²) in [7, 11) is 0. The summed E-state index contributed by atoms with van der Waals surface area (Å²) in [5, 5.41) is 70.3. The fourth-order valence-corrected chi connectivity index (χ4v) is 9.37. The molecule has 6 N–H and O–H groups in total. The number of phenols is 2. The lowest BCUT2D eigenvalue weighted by Crippen LogP contribution is -1.99. The molecule has 0 amide bonds. The zero-order valence-electron chi connectivity index (χ0n) is 36.3. The minimum absolute atomic E-state index is 0.124. The van der Waals surface area contributed by atoms with E-state index < -0.39 is 23.9 Å². The Hall–Kier alpha value is -9.28. The first-order valence-corrected chi connectivity index (χ1v) is 21.5. The molecule has 10 aromatic carbocycles. The largest absolute Gasteiger partial charge is 0.507 e. The van der Waals surface area contributed by atoms with Crippen molar-refractivity contribution >= 4 is 67.0 Å². The third kappa shape index (κ3) is 7.36. The van der Waals surface area contributed by atoms with E-state index in [1.807, 2.05) is 86.6 Å². The van der Waals surface area contributed by atoms with Crippen LogP contribution in [0.5, 0.6) is 11.5 Å². The van der Waals surface area contributed by atoms with E-state index in [0.29, 0.717) is 66.4 Å². The van der Waals surface area contributed by atoms with Crippen LogP contribution in [0.25, 0.3) is 98.7 Å². The highest BCUT2D eigenvalue weighted by atomic mass is 16.4. The first-order chi connectivity index (χ1) is 32.6. The Balaban J connectivity index is 1.27. The van der Waals surface area contributed by atoms with E-state index in [1.165, 1.54) is 12.1 Å². The lowest BCUT2D eigenvalue weighted by molar-refractivity contribution is 0.0686. The van der Waals surface area contributed by atoms with Gasteiger partial charge < -0.3 is 30.6 Å². The van der Waals surface area contributed by atoms with Crippen LogP contribution < -0.4 is 0 Å². The molecule has 0 spiro atoms. The first kappa shape index (κ1) is 42.7. The van der Waals surface area contributed by atoms with Gasteiger partial charge in [0.05, 0.1) is 22.3 Å². The van der Waals surface area contributed by atoms with E-state index in [0.717, 1.165) is 43.4 Å². The number of phenolic OH excluding ortho intramolecular Hbond substituents is 2. The minimum atomic E-state index is -1.06. The van der Waals surface area contributed by atoms with Gasteiger partial charge in [-0.25, -0.2) is 19.2 Å². The third-order valence-electron chi connectivity index (χ3n) is 13.0. The molecule has 0 aliphatic heterocycles. The highest BCUT2D eigenvalue weighted by Gasteiger charge is 2.27. The molecule has 68 heavy (non-hydrogen) atoms. The molecule has 330 valence electrons. The van der Waals surface area contributed by atoms with Crippen LogP contribution in [0.4, 0.5) is 0 Å². The first-order valence-electron chi connectivity index (χ1n) is 21.5. The van der Waals surface area contributed by atoms with E-state index in [-0.39, 0.29) is 33.8 Å². The van der Waals surface area contributed by atoms with Crippen LogP contribution >= 0.6 is 0 Å². The van der Waals surface area contributed by atoms with Gasteiger partial charge in [-0.1, -0.05) is 72.8 Å². The van der Waals surface area contributed by atoms with Crippen LogP contribution in [0.3, 0.4) is 0 Å². The average molecular weight is 895 g/mol. The van der Waals surface area contributed by atoms with Crippen molar-refractivity contribution in [1.82, 2.24) is 0 Å². The molecule has 0 bridgehead atoms. The predicted octanol–water partition coefficient (Wildman–Crippen LogP) is 13.5. The zero-order chi connectivity index (χ0) is 47.7. The van der Waals surface area contributed by atoms with Gasteiger partial charge in [0, 0.05) is 22.3 Å². The maximum Gasteiger partial charge on any atom is 0.335 e. The molecular formula is C58H38O10. The van der Waals surface area contributed by atoms with Crippen LogP contribution in [0.2, 0.25) is 0 Å². The molecule has 0 aliphatic rings. The van der Waals surface area contributed by atoms with Crippen LogP contribution in [0.15, 0.2) is 158 Å². The number of aromatic carboxylic acids is 4. The van der Waals surface area contributed by atoms with Crippen molar-refractivity contribution in [2.75, 3.05) is 0 Å². The lowest BCUT2D eigenvalue weighted by atomic mass is 9.81. The third-order valence-corrected chi connectivity index (χ3v) is 13.0. The summed E-state index contributed by atoms with van der Waals surface area (Å²) in [6, 6.07) is 45.5. The fraction of sp³-hybridized carbons (Fsp3) is 0.0345. The molecule has 10 nitrogen and oxygen atoms in total. The lowest BCUT2D eigenvalue weighted by Gasteiger charge is -2.24. The fourth-order valence-electron chi connectivity index (χ4n) is 9.37. The van der Waals surface area contributed by atoms with Gasteiger partial charge in [-0.05, 0) is 186 Å². The molecule has 10 aromatic rings. The number of hydrogen-bond donors (Lipinski definition) is 6. The number of aromatic hydroxyl groups is 2. The van der Waals surface area contributed by atoms with Crippen molar-refractivity contribution in [3.05, 3.63) is 191 Å². The van der Waals surface area contributed by atoms with Gasteiger partial charge >= 0.3 is 23.9 Å². The van der Waals surface area contributed by atoms with Crippen LogP contribution in [-0.2, 0) is 0 Å². The van der Waals surface area contributed by atoms with E-state index >= 15 is 0 Å². The number of hydrogen-bond acceptors (Lipinski definition) is 6. The van der Waals surface area contributed by atoms with E-state index in [2.05, 4.69) is 0 Å². The molecule has 0 unspecified atom stereocenters. The summed E-state index contributed by atoms with van der Waals surface area (Å²) >= 11 is 0. The molecule has 0 aromatic heterocycles. The number of benzene rings is 10. The number of carboxylic acid groups (broad SMARTS) is 4. The van der Waals surface area contributed by atoms with E-state index in [9.17, 15) is 49.8 Å². The van der Waals surface area contributed by atoms with E-state index in [1.54, 1.807) is 72.8 Å². The summed E-state index contributed by atoms with van der Waals surface area (Å²) in [5.41, 5.74) is 7.53. The van der Waals surface area contributed by atoms with Gasteiger partial charge in [0.25, 0.3) is 0 Å². The Morgan fingerprint density at radius 2 is 0.515 bits per heavy atom. The average Bonchev–Trinajstić information content (AvgIpc) is 3.33. The molecule has 0 atom stereocenters. The number of carbonyl (C=O) groups is 4. The minimum Gasteiger partial charge on any atom is -0.507 e. The summed E-state index contributed by atoms with van der Waals surface area (Å²) < 4.78 is 0. The smallest absolute Gasteiger partial charge is 0.335 e. The Morgan fingerprint density at radius 1 is 0.294 bits per heavy atom. The molecule has 10 heteroatoms. The Kier molecular flexibility index (Phi) is 10.2. The number of carboxylic acids is 4. The molecule has 0 saturated carbocycles. The molecule has 10 rings (SSSR count). The highest BCUT2D eigenvalue weighted by Crippen LogP contribution is 2.53. The summed E-state index contributed by atoms with van der Waals surface area (Å²) in [6.07, 6.45) is 0. The molecular weight excluding hydrogens is 857 g/mol. The zero-order valence-corrected chi connectivity index (χ0v) is 36.3. The van der Waals surface area contributed by atoms with Crippen molar-refractivity contribution in [2.45, 2.75) is 13.8 Å². The van der Waals surface area contributed by atoms with Crippen LogP contribution in [0.1, 0.15) is 52.6 Å². The quantitative estimate of drug-likeness (QED) is 0.0813. The second-order valence-corrected chi connectivity index (χ2v) is 17.0. The van der Waals surface area contributed by atoms with Gasteiger partial charge in [0.2, 0.25) is 0 Å².